The lowest BCUT2D eigenvalue weighted by molar-refractivity contribution is 0.339. The van der Waals surface area contributed by atoms with Gasteiger partial charge in [-0.25, -0.2) is 26.5 Å². The Bertz CT molecular complexity index is 1260. The molecule has 0 aliphatic rings. The molecule has 1 aromatic heterocycles. The average Bonchev–Trinajstić information content (AvgIpc) is 2.74. The Morgan fingerprint density at radius 2 is 1.55 bits per heavy atom. The van der Waals surface area contributed by atoms with E-state index in [-0.39, 0.29) is 22.2 Å². The number of nitrogens with zero attached hydrogens (tertiary/aromatic N) is 1. The van der Waals surface area contributed by atoms with Gasteiger partial charge in [0.2, 0.25) is 15.9 Å². The first-order valence-corrected chi connectivity index (χ1v) is 12.7. The molecule has 1 heterocycles. The third-order valence-electron chi connectivity index (χ3n) is 4.16. The van der Waals surface area contributed by atoms with E-state index < -0.39 is 19.9 Å². The zero-order chi connectivity index (χ0) is 22.5. The Morgan fingerprint density at radius 1 is 0.903 bits per heavy atom. The first-order chi connectivity index (χ1) is 14.7. The van der Waals surface area contributed by atoms with Gasteiger partial charge in [-0.2, -0.15) is 0 Å². The summed E-state index contributed by atoms with van der Waals surface area (Å²) < 4.78 is 62.8. The molecule has 3 rings (SSSR count). The van der Waals surface area contributed by atoms with Gasteiger partial charge in [-0.3, -0.25) is 0 Å². The number of sulfonamides is 1. The Hall–Kier alpha value is -2.95. The minimum Gasteiger partial charge on any atom is -0.494 e. The molecule has 0 fully saturated rings. The maximum atomic E-state index is 12.7. The lowest BCUT2D eigenvalue weighted by atomic mass is 10.3. The summed E-state index contributed by atoms with van der Waals surface area (Å²) >= 11 is 0. The van der Waals surface area contributed by atoms with E-state index >= 15 is 0 Å². The molecular formula is C21H22N2O6S2. The molecule has 1 N–H and O–H groups in total. The Morgan fingerprint density at radius 3 is 2.19 bits per heavy atom. The van der Waals surface area contributed by atoms with Gasteiger partial charge in [0.25, 0.3) is 0 Å². The number of benzene rings is 2. The molecule has 0 atom stereocenters. The van der Waals surface area contributed by atoms with Crippen molar-refractivity contribution in [3.05, 3.63) is 72.4 Å². The van der Waals surface area contributed by atoms with Crippen molar-refractivity contribution < 1.29 is 26.3 Å². The summed E-state index contributed by atoms with van der Waals surface area (Å²) in [6.07, 6.45) is 2.47. The molecule has 2 aromatic carbocycles. The zero-order valence-corrected chi connectivity index (χ0v) is 18.6. The highest BCUT2D eigenvalue weighted by molar-refractivity contribution is 7.93. The number of sulfone groups is 1. The molecule has 0 saturated carbocycles. The number of hydrogen-bond acceptors (Lipinski definition) is 7. The summed E-state index contributed by atoms with van der Waals surface area (Å²) in [7, 11) is -7.76. The lowest BCUT2D eigenvalue weighted by Crippen LogP contribution is -2.25. The van der Waals surface area contributed by atoms with Crippen molar-refractivity contribution in [3.8, 4) is 17.4 Å². The standard InChI is InChI=1S/C21H22N2O6S2/c1-3-28-17-8-10-18(11-9-17)29-21-14-16(12-13-22-21)15-23-31(26,27)20-7-5-4-6-19(20)30(2,24)25/h4-14,23H,3,15H2,1-2H3. The minimum absolute atomic E-state index is 0.0669. The van der Waals surface area contributed by atoms with Crippen LogP contribution in [0.15, 0.2) is 76.7 Å². The second-order valence-electron chi connectivity index (χ2n) is 6.55. The van der Waals surface area contributed by atoms with Gasteiger partial charge in [0.1, 0.15) is 16.4 Å². The van der Waals surface area contributed by atoms with Gasteiger partial charge in [0.05, 0.1) is 11.5 Å². The summed E-state index contributed by atoms with van der Waals surface area (Å²) in [6, 6.07) is 15.7. The van der Waals surface area contributed by atoms with Crippen molar-refractivity contribution in [3.63, 3.8) is 0 Å². The van der Waals surface area contributed by atoms with Gasteiger partial charge >= 0.3 is 0 Å². The monoisotopic (exact) mass is 462 g/mol. The van der Waals surface area contributed by atoms with Gasteiger partial charge in [-0.05, 0) is 55.0 Å². The van der Waals surface area contributed by atoms with Crippen LogP contribution in [0.4, 0.5) is 0 Å². The van der Waals surface area contributed by atoms with Crippen LogP contribution in [0.5, 0.6) is 17.4 Å². The quantitative estimate of drug-likeness (QED) is 0.520. The first kappa shape index (κ1) is 22.7. The summed E-state index contributed by atoms with van der Waals surface area (Å²) in [5, 5.41) is 0. The van der Waals surface area contributed by atoms with Crippen LogP contribution in [-0.4, -0.2) is 34.7 Å². The molecule has 8 nitrogen and oxygen atoms in total. The van der Waals surface area contributed by atoms with E-state index in [0.717, 1.165) is 12.0 Å². The summed E-state index contributed by atoms with van der Waals surface area (Å²) in [6.45, 7) is 2.39. The Labute approximate surface area is 181 Å². The Balaban J connectivity index is 1.73. The molecule has 0 aliphatic heterocycles. The fourth-order valence-corrected chi connectivity index (χ4v) is 5.39. The number of pyridine rings is 1. The highest BCUT2D eigenvalue weighted by atomic mass is 32.2. The lowest BCUT2D eigenvalue weighted by Gasteiger charge is -2.11. The van der Waals surface area contributed by atoms with E-state index in [9.17, 15) is 16.8 Å². The second kappa shape index (κ2) is 9.46. The van der Waals surface area contributed by atoms with Gasteiger partial charge in [-0.1, -0.05) is 12.1 Å². The van der Waals surface area contributed by atoms with Gasteiger partial charge in [0, 0.05) is 25.1 Å². The zero-order valence-electron chi connectivity index (χ0n) is 17.0. The molecule has 0 bridgehead atoms. The molecular weight excluding hydrogens is 440 g/mol. The van der Waals surface area contributed by atoms with Crippen LogP contribution in [0.25, 0.3) is 0 Å². The number of rotatable bonds is 9. The second-order valence-corrected chi connectivity index (χ2v) is 10.3. The molecule has 0 radical (unpaired) electrons. The van der Waals surface area contributed by atoms with E-state index in [0.29, 0.717) is 17.9 Å². The van der Waals surface area contributed by atoms with Crippen LogP contribution in [0, 0.1) is 0 Å². The molecule has 31 heavy (non-hydrogen) atoms. The maximum Gasteiger partial charge on any atom is 0.242 e. The minimum atomic E-state index is -4.06. The fraction of sp³-hybridized carbons (Fsp3) is 0.190. The first-order valence-electron chi connectivity index (χ1n) is 9.33. The van der Waals surface area contributed by atoms with Crippen molar-refractivity contribution in [2.45, 2.75) is 23.3 Å². The van der Waals surface area contributed by atoms with Gasteiger partial charge < -0.3 is 9.47 Å². The van der Waals surface area contributed by atoms with E-state index in [1.807, 2.05) is 6.92 Å². The van der Waals surface area contributed by atoms with E-state index in [4.69, 9.17) is 9.47 Å². The van der Waals surface area contributed by atoms with Crippen LogP contribution in [0.2, 0.25) is 0 Å². The van der Waals surface area contributed by atoms with Crippen LogP contribution in [0.1, 0.15) is 12.5 Å². The number of hydrogen-bond donors (Lipinski definition) is 1. The smallest absolute Gasteiger partial charge is 0.242 e. The summed E-state index contributed by atoms with van der Waals surface area (Å²) in [5.41, 5.74) is 0.594. The van der Waals surface area contributed by atoms with E-state index in [1.54, 1.807) is 36.4 Å². The highest BCUT2D eigenvalue weighted by Crippen LogP contribution is 2.24. The van der Waals surface area contributed by atoms with E-state index in [1.165, 1.54) is 30.5 Å². The Kier molecular flexibility index (Phi) is 6.94. The third kappa shape index (κ3) is 6.03. The van der Waals surface area contributed by atoms with Crippen LogP contribution in [0.3, 0.4) is 0 Å². The fourth-order valence-electron chi connectivity index (χ4n) is 2.74. The van der Waals surface area contributed by atoms with Crippen molar-refractivity contribution in [2.24, 2.45) is 0 Å². The van der Waals surface area contributed by atoms with Crippen LogP contribution < -0.4 is 14.2 Å². The van der Waals surface area contributed by atoms with Crippen LogP contribution in [-0.2, 0) is 26.4 Å². The van der Waals surface area contributed by atoms with Crippen molar-refractivity contribution in [2.75, 3.05) is 12.9 Å². The number of nitrogens with one attached hydrogen (secondary N) is 1. The molecule has 10 heteroatoms. The van der Waals surface area contributed by atoms with Crippen molar-refractivity contribution in [1.29, 1.82) is 0 Å². The normalized spacial score (nSPS) is 11.8. The summed E-state index contributed by atoms with van der Waals surface area (Å²) in [4.78, 5) is 3.59. The molecule has 0 saturated heterocycles. The van der Waals surface area contributed by atoms with Gasteiger partial charge in [-0.15, -0.1) is 0 Å². The van der Waals surface area contributed by atoms with Crippen molar-refractivity contribution >= 4 is 19.9 Å². The number of aromatic nitrogens is 1. The topological polar surface area (TPSA) is 112 Å². The average molecular weight is 463 g/mol. The van der Waals surface area contributed by atoms with Crippen molar-refractivity contribution in [1.82, 2.24) is 9.71 Å². The van der Waals surface area contributed by atoms with Gasteiger partial charge in [0.15, 0.2) is 9.84 Å². The molecule has 164 valence electrons. The molecule has 0 aliphatic carbocycles. The third-order valence-corrected chi connectivity index (χ3v) is 6.90. The maximum absolute atomic E-state index is 12.7. The largest absolute Gasteiger partial charge is 0.494 e. The summed E-state index contributed by atoms with van der Waals surface area (Å²) in [5.74, 6) is 1.56. The predicted octanol–water partition coefficient (Wildman–Crippen LogP) is 3.15. The molecule has 0 spiro atoms. The van der Waals surface area contributed by atoms with Crippen LogP contribution >= 0.6 is 0 Å². The SMILES string of the molecule is CCOc1ccc(Oc2cc(CNS(=O)(=O)c3ccccc3S(C)(=O)=O)ccn2)cc1. The molecule has 0 unspecified atom stereocenters. The molecule has 0 amide bonds. The number of ether oxygens (including phenoxy) is 2. The molecule has 3 aromatic rings. The predicted molar refractivity (Wildman–Crippen MR) is 115 cm³/mol. The highest BCUT2D eigenvalue weighted by Gasteiger charge is 2.23. The van der Waals surface area contributed by atoms with E-state index in [2.05, 4.69) is 9.71 Å².